The molecule has 1 fully saturated rings. The van der Waals surface area contributed by atoms with Crippen molar-refractivity contribution in [3.8, 4) is 0 Å². The first kappa shape index (κ1) is 11.3. The normalized spacial score (nSPS) is 18.8. The van der Waals surface area contributed by atoms with E-state index in [0.29, 0.717) is 5.92 Å². The summed E-state index contributed by atoms with van der Waals surface area (Å²) in [5.74, 6) is 1.52. The Labute approximate surface area is 105 Å². The van der Waals surface area contributed by atoms with E-state index in [1.54, 1.807) is 16.7 Å². The van der Waals surface area contributed by atoms with Gasteiger partial charge in [0, 0.05) is 11.4 Å². The number of nitrogens with zero attached hydrogens (tertiary/aromatic N) is 1. The lowest BCUT2D eigenvalue weighted by atomic mass is 9.88. The smallest absolute Gasteiger partial charge is 0.0442 e. The van der Waals surface area contributed by atoms with Crippen LogP contribution in [0, 0.1) is 0 Å². The fourth-order valence-corrected chi connectivity index (χ4v) is 3.44. The summed E-state index contributed by atoms with van der Waals surface area (Å²) in [5.41, 5.74) is 7.81. The van der Waals surface area contributed by atoms with Gasteiger partial charge in [-0.3, -0.25) is 4.98 Å². The molecule has 0 amide bonds. The third-order valence-corrected chi connectivity index (χ3v) is 4.28. The highest BCUT2D eigenvalue weighted by Crippen LogP contribution is 2.47. The van der Waals surface area contributed by atoms with E-state index in [2.05, 4.69) is 20.8 Å². The molecule has 1 heteroatoms. The Kier molecular flexibility index (Phi) is 2.72. The molecule has 0 bridgehead atoms. The quantitative estimate of drug-likeness (QED) is 0.759. The Hall–Kier alpha value is -0.850. The summed E-state index contributed by atoms with van der Waals surface area (Å²) >= 11 is 0. The van der Waals surface area contributed by atoms with Crippen LogP contribution in [0.5, 0.6) is 0 Å². The zero-order valence-electron chi connectivity index (χ0n) is 11.3. The van der Waals surface area contributed by atoms with Gasteiger partial charge in [0.25, 0.3) is 0 Å². The fourth-order valence-electron chi connectivity index (χ4n) is 3.44. The molecule has 0 radical (unpaired) electrons. The van der Waals surface area contributed by atoms with Gasteiger partial charge in [-0.25, -0.2) is 0 Å². The van der Waals surface area contributed by atoms with E-state index >= 15 is 0 Å². The number of aryl methyl sites for hydroxylation is 2. The molecule has 0 unspecified atom stereocenters. The molecular weight excluding hydrogens is 206 g/mol. The summed E-state index contributed by atoms with van der Waals surface area (Å²) in [7, 11) is 0. The average molecular weight is 229 g/mol. The van der Waals surface area contributed by atoms with Crippen molar-refractivity contribution in [3.63, 3.8) is 0 Å². The number of aromatic nitrogens is 1. The second-order valence-corrected chi connectivity index (χ2v) is 5.95. The van der Waals surface area contributed by atoms with Crippen molar-refractivity contribution >= 4 is 0 Å². The van der Waals surface area contributed by atoms with Crippen LogP contribution in [0.2, 0.25) is 0 Å². The Morgan fingerprint density at radius 2 is 2.00 bits per heavy atom. The van der Waals surface area contributed by atoms with Crippen LogP contribution >= 0.6 is 0 Å². The van der Waals surface area contributed by atoms with Crippen LogP contribution in [-0.2, 0) is 19.3 Å². The molecule has 0 aromatic carbocycles. The van der Waals surface area contributed by atoms with Gasteiger partial charge < -0.3 is 0 Å². The van der Waals surface area contributed by atoms with E-state index in [0.717, 1.165) is 12.3 Å². The van der Waals surface area contributed by atoms with Crippen LogP contribution in [0.3, 0.4) is 0 Å². The first-order chi connectivity index (χ1) is 8.22. The van der Waals surface area contributed by atoms with E-state index in [-0.39, 0.29) is 0 Å². The maximum atomic E-state index is 4.98. The van der Waals surface area contributed by atoms with Crippen molar-refractivity contribution in [1.29, 1.82) is 0 Å². The lowest BCUT2D eigenvalue weighted by Gasteiger charge is -2.20. The van der Waals surface area contributed by atoms with Crippen LogP contribution in [0.25, 0.3) is 0 Å². The summed E-state index contributed by atoms with van der Waals surface area (Å²) in [6.07, 6.45) is 7.71. The zero-order valence-corrected chi connectivity index (χ0v) is 11.3. The van der Waals surface area contributed by atoms with Crippen LogP contribution in [0.1, 0.15) is 79.9 Å². The van der Waals surface area contributed by atoms with E-state index in [1.165, 1.54) is 43.5 Å². The van der Waals surface area contributed by atoms with Crippen molar-refractivity contribution < 1.29 is 0 Å². The molecule has 1 aromatic rings. The zero-order chi connectivity index (χ0) is 12.0. The predicted molar refractivity (Wildman–Crippen MR) is 71.7 cm³/mol. The van der Waals surface area contributed by atoms with Crippen molar-refractivity contribution in [1.82, 2.24) is 4.98 Å². The second-order valence-electron chi connectivity index (χ2n) is 5.95. The SMILES string of the molecule is CCc1nc2c(c(C(C)C)c1C1CC1)CCC2. The number of fused-ring (bicyclic) bond motifs is 1. The van der Waals surface area contributed by atoms with Crippen LogP contribution in [0.15, 0.2) is 0 Å². The predicted octanol–water partition coefficient (Wildman–Crippen LogP) is 4.13. The monoisotopic (exact) mass is 229 g/mol. The van der Waals surface area contributed by atoms with Crippen LogP contribution in [0.4, 0.5) is 0 Å². The molecule has 0 spiro atoms. The third kappa shape index (κ3) is 1.80. The maximum Gasteiger partial charge on any atom is 0.0442 e. The summed E-state index contributed by atoms with van der Waals surface area (Å²) in [6.45, 7) is 6.98. The Morgan fingerprint density at radius 1 is 1.24 bits per heavy atom. The summed E-state index contributed by atoms with van der Waals surface area (Å²) in [4.78, 5) is 4.98. The van der Waals surface area contributed by atoms with Gasteiger partial charge in [-0.2, -0.15) is 0 Å². The van der Waals surface area contributed by atoms with Gasteiger partial charge in [0.2, 0.25) is 0 Å². The van der Waals surface area contributed by atoms with Crippen molar-refractivity contribution in [2.75, 3.05) is 0 Å². The van der Waals surface area contributed by atoms with Gasteiger partial charge in [-0.05, 0) is 67.1 Å². The van der Waals surface area contributed by atoms with Crippen molar-refractivity contribution in [2.24, 2.45) is 0 Å². The van der Waals surface area contributed by atoms with Gasteiger partial charge in [0.15, 0.2) is 0 Å². The highest BCUT2D eigenvalue weighted by molar-refractivity contribution is 5.47. The molecule has 1 nitrogen and oxygen atoms in total. The second kappa shape index (κ2) is 4.12. The molecule has 0 atom stereocenters. The summed E-state index contributed by atoms with van der Waals surface area (Å²) in [5, 5.41) is 0. The maximum absolute atomic E-state index is 4.98. The standard InChI is InChI=1S/C16H23N/c1-4-13-16(11-8-9-11)15(10(2)3)12-6-5-7-14(12)17-13/h10-11H,4-9H2,1-3H3. The van der Waals surface area contributed by atoms with E-state index in [9.17, 15) is 0 Å². The van der Waals surface area contributed by atoms with Crippen LogP contribution < -0.4 is 0 Å². The molecule has 92 valence electrons. The largest absolute Gasteiger partial charge is 0.257 e. The molecule has 0 saturated heterocycles. The Bertz CT molecular complexity index is 441. The van der Waals surface area contributed by atoms with Crippen molar-refractivity contribution in [3.05, 3.63) is 28.1 Å². The minimum atomic E-state index is 0.672. The molecule has 2 aliphatic rings. The minimum Gasteiger partial charge on any atom is -0.257 e. The third-order valence-electron chi connectivity index (χ3n) is 4.28. The lowest BCUT2D eigenvalue weighted by Crippen LogP contribution is -2.09. The Balaban J connectivity index is 2.22. The fraction of sp³-hybridized carbons (Fsp3) is 0.688. The molecule has 2 aliphatic carbocycles. The first-order valence-corrected chi connectivity index (χ1v) is 7.26. The topological polar surface area (TPSA) is 12.9 Å². The molecule has 1 saturated carbocycles. The van der Waals surface area contributed by atoms with Gasteiger partial charge >= 0.3 is 0 Å². The molecule has 0 aliphatic heterocycles. The molecule has 1 heterocycles. The first-order valence-electron chi connectivity index (χ1n) is 7.26. The number of pyridine rings is 1. The number of hydrogen-bond donors (Lipinski definition) is 0. The van der Waals surface area contributed by atoms with Crippen molar-refractivity contribution in [2.45, 2.75) is 71.1 Å². The van der Waals surface area contributed by atoms with Gasteiger partial charge in [0.1, 0.15) is 0 Å². The molecule has 17 heavy (non-hydrogen) atoms. The van der Waals surface area contributed by atoms with E-state index in [1.807, 2.05) is 0 Å². The summed E-state index contributed by atoms with van der Waals surface area (Å²) in [6, 6.07) is 0. The average Bonchev–Trinajstić information content (AvgIpc) is 3.04. The molecule has 1 aromatic heterocycles. The van der Waals surface area contributed by atoms with E-state index < -0.39 is 0 Å². The number of rotatable bonds is 3. The minimum absolute atomic E-state index is 0.672. The number of hydrogen-bond acceptors (Lipinski definition) is 1. The summed E-state index contributed by atoms with van der Waals surface area (Å²) < 4.78 is 0. The van der Waals surface area contributed by atoms with Gasteiger partial charge in [-0.15, -0.1) is 0 Å². The highest BCUT2D eigenvalue weighted by atomic mass is 14.7. The molecule has 0 N–H and O–H groups in total. The molecular formula is C16H23N. The van der Waals surface area contributed by atoms with Gasteiger partial charge in [-0.1, -0.05) is 20.8 Å². The van der Waals surface area contributed by atoms with Gasteiger partial charge in [0.05, 0.1) is 0 Å². The van der Waals surface area contributed by atoms with Crippen LogP contribution in [-0.4, -0.2) is 4.98 Å². The highest BCUT2D eigenvalue weighted by Gasteiger charge is 2.33. The molecule has 3 rings (SSSR count). The Morgan fingerprint density at radius 3 is 2.59 bits per heavy atom. The lowest BCUT2D eigenvalue weighted by molar-refractivity contribution is 0.797. The van der Waals surface area contributed by atoms with E-state index in [4.69, 9.17) is 4.98 Å².